The lowest BCUT2D eigenvalue weighted by Crippen LogP contribution is -2.38. The predicted molar refractivity (Wildman–Crippen MR) is 110 cm³/mol. The van der Waals surface area contributed by atoms with Gasteiger partial charge in [-0.3, -0.25) is 19.0 Å². The van der Waals surface area contributed by atoms with E-state index in [0.29, 0.717) is 5.56 Å². The van der Waals surface area contributed by atoms with Gasteiger partial charge in [0, 0.05) is 0 Å². The van der Waals surface area contributed by atoms with Crippen LogP contribution in [0.15, 0.2) is 23.0 Å². The molecule has 0 aliphatic heterocycles. The lowest BCUT2D eigenvalue weighted by Gasteiger charge is -2.22. The van der Waals surface area contributed by atoms with Crippen molar-refractivity contribution in [1.82, 2.24) is 9.88 Å². The highest BCUT2D eigenvalue weighted by Gasteiger charge is 2.32. The number of carboxylic acids is 1. The Balaban J connectivity index is 2.67. The van der Waals surface area contributed by atoms with Crippen LogP contribution >= 0.6 is 0 Å². The van der Waals surface area contributed by atoms with Crippen molar-refractivity contribution in [3.8, 4) is 11.6 Å². The van der Waals surface area contributed by atoms with Gasteiger partial charge in [-0.05, 0) is 38.8 Å². The molecule has 1 atom stereocenters. The highest BCUT2D eigenvalue weighted by Crippen LogP contribution is 2.32. The van der Waals surface area contributed by atoms with E-state index in [1.165, 1.54) is 0 Å². The molecule has 0 aliphatic rings. The molecule has 0 saturated carbocycles. The first-order valence-electron chi connectivity index (χ1n) is 9.45. The summed E-state index contributed by atoms with van der Waals surface area (Å²) >= 11 is 0. The fraction of sp³-hybridized carbons (Fsp3) is 0.333. The summed E-state index contributed by atoms with van der Waals surface area (Å²) in [4.78, 5) is 48.7. The molecule has 0 aliphatic carbocycles. The van der Waals surface area contributed by atoms with Gasteiger partial charge in [0.05, 0.1) is 12.6 Å². The lowest BCUT2D eigenvalue weighted by molar-refractivity contribution is -0.141. The van der Waals surface area contributed by atoms with Crippen molar-refractivity contribution in [3.63, 3.8) is 0 Å². The van der Waals surface area contributed by atoms with Crippen LogP contribution in [0.4, 0.5) is 0 Å². The largest absolute Gasteiger partial charge is 0.506 e. The van der Waals surface area contributed by atoms with E-state index in [-0.39, 0.29) is 6.61 Å². The number of carbonyl (C=O) groups is 3. The van der Waals surface area contributed by atoms with E-state index in [9.17, 15) is 34.5 Å². The zero-order chi connectivity index (χ0) is 23.5. The van der Waals surface area contributed by atoms with E-state index in [0.717, 1.165) is 15.7 Å². The standard InChI is InChI=1S/C21H24N2O8/c1-5-31-14(24)9-22-18(26)15-17(25)16(21(29)30)20(28)23(19(15)27)12(4)13-7-6-10(2)8-11(13)3/h6-8,12,25,28H,5,9H2,1-4H3,(H,22,26)(H,29,30). The molecule has 1 aromatic heterocycles. The number of aryl methyl sites for hydroxylation is 2. The third-order valence-corrected chi connectivity index (χ3v) is 4.76. The molecule has 10 heteroatoms. The molecular formula is C21H24N2O8. The SMILES string of the molecule is CCOC(=O)CNC(=O)c1c(O)c(C(=O)O)c(O)n(C(C)c2ccc(C)cc2C)c1=O. The number of benzene rings is 1. The molecule has 4 N–H and O–H groups in total. The summed E-state index contributed by atoms with van der Waals surface area (Å²) in [5.41, 5.74) is -0.691. The van der Waals surface area contributed by atoms with Crippen LogP contribution < -0.4 is 10.9 Å². The smallest absolute Gasteiger partial charge is 0.345 e. The number of hydrogen-bond acceptors (Lipinski definition) is 7. The van der Waals surface area contributed by atoms with E-state index in [1.54, 1.807) is 32.9 Å². The topological polar surface area (TPSA) is 155 Å². The van der Waals surface area contributed by atoms with E-state index in [4.69, 9.17) is 0 Å². The first-order valence-corrected chi connectivity index (χ1v) is 9.45. The number of carboxylic acid groups (broad SMARTS) is 1. The summed E-state index contributed by atoms with van der Waals surface area (Å²) in [6.45, 7) is 6.25. The van der Waals surface area contributed by atoms with Crippen LogP contribution in [0.2, 0.25) is 0 Å². The number of nitrogens with zero attached hydrogens (tertiary/aromatic N) is 1. The highest BCUT2D eigenvalue weighted by molar-refractivity contribution is 6.03. The van der Waals surface area contributed by atoms with Crippen LogP contribution in [0.1, 0.15) is 57.3 Å². The molecule has 1 amide bonds. The van der Waals surface area contributed by atoms with Crippen LogP contribution in [0, 0.1) is 13.8 Å². The second kappa shape index (κ2) is 9.33. The van der Waals surface area contributed by atoms with Crippen molar-refractivity contribution in [2.24, 2.45) is 0 Å². The molecule has 1 heterocycles. The first-order chi connectivity index (χ1) is 14.5. The predicted octanol–water partition coefficient (Wildman–Crippen LogP) is 1.48. The molecule has 10 nitrogen and oxygen atoms in total. The Morgan fingerprint density at radius 1 is 1.16 bits per heavy atom. The van der Waals surface area contributed by atoms with Crippen LogP contribution in [0.25, 0.3) is 0 Å². The number of carbonyl (C=O) groups excluding carboxylic acids is 2. The number of amides is 1. The normalized spacial score (nSPS) is 11.6. The van der Waals surface area contributed by atoms with Crippen LogP contribution in [0.3, 0.4) is 0 Å². The monoisotopic (exact) mass is 432 g/mol. The Hall–Kier alpha value is -3.82. The van der Waals surface area contributed by atoms with Crippen molar-refractivity contribution in [2.75, 3.05) is 13.2 Å². The highest BCUT2D eigenvalue weighted by atomic mass is 16.5. The van der Waals surface area contributed by atoms with Crippen LogP contribution in [-0.4, -0.2) is 50.9 Å². The molecule has 166 valence electrons. The van der Waals surface area contributed by atoms with Gasteiger partial charge in [0.25, 0.3) is 11.5 Å². The Morgan fingerprint density at radius 2 is 1.81 bits per heavy atom. The lowest BCUT2D eigenvalue weighted by atomic mass is 9.99. The minimum Gasteiger partial charge on any atom is -0.506 e. The zero-order valence-corrected chi connectivity index (χ0v) is 17.6. The number of pyridine rings is 1. The van der Waals surface area contributed by atoms with Gasteiger partial charge in [-0.1, -0.05) is 23.8 Å². The van der Waals surface area contributed by atoms with Crippen molar-refractivity contribution in [1.29, 1.82) is 0 Å². The van der Waals surface area contributed by atoms with Gasteiger partial charge in [0.2, 0.25) is 5.88 Å². The fourth-order valence-corrected chi connectivity index (χ4v) is 3.32. The van der Waals surface area contributed by atoms with Gasteiger partial charge in [-0.2, -0.15) is 0 Å². The molecule has 0 saturated heterocycles. The molecule has 1 unspecified atom stereocenters. The zero-order valence-electron chi connectivity index (χ0n) is 17.6. The van der Waals surface area contributed by atoms with E-state index in [2.05, 4.69) is 10.1 Å². The quantitative estimate of drug-likeness (QED) is 0.480. The number of aromatic nitrogens is 1. The Labute approximate surface area is 177 Å². The average molecular weight is 432 g/mol. The van der Waals surface area contributed by atoms with Crippen molar-refractivity contribution >= 4 is 17.8 Å². The van der Waals surface area contributed by atoms with Gasteiger partial charge in [0.15, 0.2) is 11.3 Å². The Morgan fingerprint density at radius 3 is 2.35 bits per heavy atom. The number of hydrogen-bond donors (Lipinski definition) is 4. The van der Waals surface area contributed by atoms with Crippen molar-refractivity contribution in [3.05, 3.63) is 56.4 Å². The third-order valence-electron chi connectivity index (χ3n) is 4.76. The molecule has 0 bridgehead atoms. The molecule has 0 spiro atoms. The van der Waals surface area contributed by atoms with Gasteiger partial charge >= 0.3 is 11.9 Å². The van der Waals surface area contributed by atoms with Crippen molar-refractivity contribution in [2.45, 2.75) is 33.7 Å². The molecule has 31 heavy (non-hydrogen) atoms. The minimum absolute atomic E-state index is 0.0720. The average Bonchev–Trinajstić information content (AvgIpc) is 2.66. The number of ether oxygens (including phenoxy) is 1. The van der Waals surface area contributed by atoms with Crippen LogP contribution in [0.5, 0.6) is 11.6 Å². The molecule has 0 radical (unpaired) electrons. The van der Waals surface area contributed by atoms with E-state index in [1.807, 2.05) is 13.0 Å². The van der Waals surface area contributed by atoms with E-state index < -0.39 is 58.7 Å². The number of rotatable bonds is 7. The van der Waals surface area contributed by atoms with Crippen LogP contribution in [-0.2, 0) is 9.53 Å². The number of aromatic carboxylic acids is 1. The van der Waals surface area contributed by atoms with E-state index >= 15 is 0 Å². The maximum atomic E-state index is 13.1. The number of esters is 1. The summed E-state index contributed by atoms with van der Waals surface area (Å²) < 4.78 is 5.40. The molecular weight excluding hydrogens is 408 g/mol. The fourth-order valence-electron chi connectivity index (χ4n) is 3.32. The number of aromatic hydroxyl groups is 2. The van der Waals surface area contributed by atoms with Crippen molar-refractivity contribution < 1.29 is 34.4 Å². The maximum Gasteiger partial charge on any atom is 0.345 e. The van der Waals surface area contributed by atoms with Gasteiger partial charge in [0.1, 0.15) is 12.1 Å². The summed E-state index contributed by atoms with van der Waals surface area (Å²) in [6, 6.07) is 4.48. The summed E-state index contributed by atoms with van der Waals surface area (Å²) in [7, 11) is 0. The van der Waals surface area contributed by atoms with Gasteiger partial charge in [-0.15, -0.1) is 0 Å². The molecule has 1 aromatic carbocycles. The molecule has 2 aromatic rings. The minimum atomic E-state index is -1.74. The first kappa shape index (κ1) is 23.5. The number of nitrogens with one attached hydrogen (secondary N) is 1. The van der Waals surface area contributed by atoms with Gasteiger partial charge in [-0.25, -0.2) is 4.79 Å². The summed E-state index contributed by atoms with van der Waals surface area (Å²) in [6.07, 6.45) is 0. The maximum absolute atomic E-state index is 13.1. The Bertz CT molecular complexity index is 1100. The summed E-state index contributed by atoms with van der Waals surface area (Å²) in [5, 5.41) is 32.4. The molecule has 0 fully saturated rings. The molecule has 2 rings (SSSR count). The van der Waals surface area contributed by atoms with Gasteiger partial charge < -0.3 is 25.4 Å². The summed E-state index contributed by atoms with van der Waals surface area (Å²) in [5.74, 6) is -5.89. The third kappa shape index (κ3) is 4.68. The second-order valence-electron chi connectivity index (χ2n) is 6.93. The Kier molecular flexibility index (Phi) is 7.06. The second-order valence-corrected chi connectivity index (χ2v) is 6.93.